The Morgan fingerprint density at radius 2 is 1.69 bits per heavy atom. The average Bonchev–Trinajstić information content (AvgIpc) is 2.69. The van der Waals surface area contributed by atoms with Gasteiger partial charge in [-0.25, -0.2) is 0 Å². The van der Waals surface area contributed by atoms with E-state index in [4.69, 9.17) is 19.0 Å². The molecule has 0 radical (unpaired) electrons. The van der Waals surface area contributed by atoms with Gasteiger partial charge in [0.1, 0.15) is 17.3 Å². The van der Waals surface area contributed by atoms with E-state index in [1.54, 1.807) is 12.1 Å². The fraction of sp³-hybridized carbons (Fsp3) is 0.450. The van der Waals surface area contributed by atoms with Gasteiger partial charge in [-0.3, -0.25) is 9.59 Å². The number of benzene rings is 1. The molecule has 9 heteroatoms. The number of nitriles is 1. The molecular weight excluding hydrogens is 390 g/mol. The molecule has 1 aromatic carbocycles. The zero-order chi connectivity index (χ0) is 21.4. The molecule has 0 spiro atoms. The predicted octanol–water partition coefficient (Wildman–Crippen LogP) is 2.45. The second-order valence-electron chi connectivity index (χ2n) is 6.30. The Balaban J connectivity index is 2.14. The number of hydrogen-bond donors (Lipinski definition) is 2. The van der Waals surface area contributed by atoms with Crippen molar-refractivity contribution in [1.29, 1.82) is 5.26 Å². The van der Waals surface area contributed by atoms with Gasteiger partial charge >= 0.3 is 8.80 Å². The number of nitrogens with zero attached hydrogens (tertiary/aromatic N) is 1. The van der Waals surface area contributed by atoms with E-state index in [1.807, 2.05) is 26.8 Å². The number of carbonyl (C=O) groups is 2. The number of fused-ring (bicyclic) bond motifs is 1. The molecule has 8 nitrogen and oxygen atoms in total. The number of allylic oxidation sites excluding steroid dienone is 2. The summed E-state index contributed by atoms with van der Waals surface area (Å²) < 4.78 is 17.4. The van der Waals surface area contributed by atoms with Gasteiger partial charge in [-0.1, -0.05) is 12.1 Å². The number of Topliss-reactive ketones (excluding diaryl/α,β-unsaturated/α-hetero) is 2. The van der Waals surface area contributed by atoms with E-state index in [-0.39, 0.29) is 28.1 Å². The summed E-state index contributed by atoms with van der Waals surface area (Å²) in [5.41, 5.74) is 6.12. The fourth-order valence-electron chi connectivity index (χ4n) is 3.29. The van der Waals surface area contributed by atoms with E-state index >= 15 is 0 Å². The number of anilines is 1. The lowest BCUT2D eigenvalue weighted by Gasteiger charge is -2.28. The van der Waals surface area contributed by atoms with Gasteiger partial charge in [0.25, 0.3) is 0 Å². The van der Waals surface area contributed by atoms with E-state index in [9.17, 15) is 14.9 Å². The van der Waals surface area contributed by atoms with Crippen LogP contribution in [0.1, 0.15) is 47.9 Å². The van der Waals surface area contributed by atoms with Crippen molar-refractivity contribution in [3.8, 4) is 6.07 Å². The average molecular weight is 418 g/mol. The van der Waals surface area contributed by atoms with E-state index in [0.717, 1.165) is 0 Å². The third-order valence-corrected chi connectivity index (χ3v) is 7.59. The van der Waals surface area contributed by atoms with Crippen LogP contribution in [0.2, 0.25) is 6.04 Å². The molecule has 0 aromatic heterocycles. The molecule has 29 heavy (non-hydrogen) atoms. The Hall–Kier alpha value is -2.51. The molecule has 2 rings (SSSR count). The maximum atomic E-state index is 12.8. The summed E-state index contributed by atoms with van der Waals surface area (Å²) >= 11 is 0. The molecule has 0 unspecified atom stereocenters. The highest BCUT2D eigenvalue weighted by Gasteiger charge is 2.40. The maximum absolute atomic E-state index is 12.8. The third-order valence-electron chi connectivity index (χ3n) is 4.44. The van der Waals surface area contributed by atoms with Gasteiger partial charge < -0.3 is 24.3 Å². The lowest BCUT2D eigenvalue weighted by Crippen LogP contribution is -2.46. The Morgan fingerprint density at radius 3 is 2.24 bits per heavy atom. The summed E-state index contributed by atoms with van der Waals surface area (Å²) in [6.45, 7) is 7.46. The second-order valence-corrected chi connectivity index (χ2v) is 9.03. The van der Waals surface area contributed by atoms with Crippen LogP contribution in [0.15, 0.2) is 29.5 Å². The Kier molecular flexibility index (Phi) is 8.10. The molecule has 156 valence electrons. The van der Waals surface area contributed by atoms with Gasteiger partial charge in [0.15, 0.2) is 0 Å². The number of hydrogen-bond acceptors (Lipinski definition) is 8. The van der Waals surface area contributed by atoms with Crippen molar-refractivity contribution >= 4 is 26.1 Å². The van der Waals surface area contributed by atoms with Crippen LogP contribution >= 0.6 is 0 Å². The molecule has 0 amide bonds. The summed E-state index contributed by atoms with van der Waals surface area (Å²) in [5, 5.41) is 12.4. The number of nitrogen functional groups attached to an aromatic ring is 1. The molecule has 1 aromatic rings. The summed E-state index contributed by atoms with van der Waals surface area (Å²) in [7, 11) is -2.79. The van der Waals surface area contributed by atoms with Crippen LogP contribution < -0.4 is 11.1 Å². The summed E-state index contributed by atoms with van der Waals surface area (Å²) in [6.07, 6.45) is 0.583. The highest BCUT2D eigenvalue weighted by molar-refractivity contribution is 6.60. The van der Waals surface area contributed by atoms with Crippen LogP contribution in [0, 0.1) is 11.3 Å². The van der Waals surface area contributed by atoms with Crippen LogP contribution in [0.5, 0.6) is 0 Å². The highest BCUT2D eigenvalue weighted by atomic mass is 28.4. The summed E-state index contributed by atoms with van der Waals surface area (Å²) in [5.74, 6) is -0.948. The molecule has 0 atom stereocenters. The molecule has 3 N–H and O–H groups in total. The van der Waals surface area contributed by atoms with E-state index in [1.165, 1.54) is 6.07 Å². The number of carbonyl (C=O) groups excluding carboxylic acids is 2. The zero-order valence-electron chi connectivity index (χ0n) is 17.0. The largest absolute Gasteiger partial charge is 0.500 e. The van der Waals surface area contributed by atoms with Crippen molar-refractivity contribution in [2.24, 2.45) is 0 Å². The lowest BCUT2D eigenvalue weighted by atomic mass is 9.86. The van der Waals surface area contributed by atoms with Crippen molar-refractivity contribution in [3.63, 3.8) is 0 Å². The van der Waals surface area contributed by atoms with Crippen LogP contribution in [0.25, 0.3) is 0 Å². The van der Waals surface area contributed by atoms with Crippen LogP contribution in [-0.2, 0) is 13.3 Å². The molecule has 0 aliphatic heterocycles. The number of ketones is 2. The van der Waals surface area contributed by atoms with Gasteiger partial charge in [-0.2, -0.15) is 5.26 Å². The normalized spacial score (nSPS) is 14.0. The van der Waals surface area contributed by atoms with Gasteiger partial charge in [0.05, 0.1) is 5.56 Å². The first kappa shape index (κ1) is 22.8. The smallest absolute Gasteiger partial charge is 0.398 e. The monoisotopic (exact) mass is 417 g/mol. The summed E-state index contributed by atoms with van der Waals surface area (Å²) in [6, 6.07) is 7.09. The zero-order valence-corrected chi connectivity index (χ0v) is 18.0. The van der Waals surface area contributed by atoms with Crippen LogP contribution in [-0.4, -0.2) is 46.7 Å². The Labute approximate surface area is 172 Å². The second kappa shape index (κ2) is 10.3. The van der Waals surface area contributed by atoms with Crippen molar-refractivity contribution in [2.75, 3.05) is 32.1 Å². The number of nitrogens with one attached hydrogen (secondary N) is 1. The Morgan fingerprint density at radius 1 is 1.07 bits per heavy atom. The first-order valence-electron chi connectivity index (χ1n) is 9.72. The highest BCUT2D eigenvalue weighted by Crippen LogP contribution is 2.29. The van der Waals surface area contributed by atoms with Gasteiger partial charge in [0.2, 0.25) is 11.6 Å². The maximum Gasteiger partial charge on any atom is 0.500 e. The minimum atomic E-state index is -2.79. The third kappa shape index (κ3) is 4.91. The minimum absolute atomic E-state index is 0.00657. The first-order chi connectivity index (χ1) is 13.9. The van der Waals surface area contributed by atoms with Gasteiger partial charge in [-0.05, 0) is 33.3 Å². The molecule has 1 aliphatic carbocycles. The van der Waals surface area contributed by atoms with Crippen LogP contribution in [0.4, 0.5) is 5.69 Å². The van der Waals surface area contributed by atoms with Crippen molar-refractivity contribution in [2.45, 2.75) is 33.2 Å². The molecular formula is C20H27N3O5Si. The molecule has 0 saturated carbocycles. The van der Waals surface area contributed by atoms with Crippen molar-refractivity contribution in [3.05, 3.63) is 40.6 Å². The lowest BCUT2D eigenvalue weighted by molar-refractivity contribution is 0.0708. The fourth-order valence-corrected chi connectivity index (χ4v) is 5.91. The quantitative estimate of drug-likeness (QED) is 0.320. The SMILES string of the molecule is CCO[Si](CCCNC1=C(C#N)C(=O)c2c(N)cccc2C1=O)(OCC)OCC. The minimum Gasteiger partial charge on any atom is -0.398 e. The standard InChI is InChI=1S/C20H27N3O5Si/c1-4-26-29(27-5-2,28-6-3)12-8-11-23-18-15(13-21)19(24)17-14(20(18)25)9-7-10-16(17)22/h7,9-10,23H,4-6,8,11-12,22H2,1-3H3. The molecule has 0 fully saturated rings. The molecule has 1 aliphatic rings. The van der Waals surface area contributed by atoms with Gasteiger partial charge in [0, 0.05) is 43.7 Å². The number of nitrogens with two attached hydrogens (primary N) is 1. The number of rotatable bonds is 11. The van der Waals surface area contributed by atoms with Crippen molar-refractivity contribution in [1.82, 2.24) is 5.32 Å². The molecule has 0 saturated heterocycles. The van der Waals surface area contributed by atoms with Crippen LogP contribution in [0.3, 0.4) is 0 Å². The summed E-state index contributed by atoms with van der Waals surface area (Å²) in [4.78, 5) is 25.5. The van der Waals surface area contributed by atoms with Crippen molar-refractivity contribution < 1.29 is 22.9 Å². The molecule has 0 bridgehead atoms. The topological polar surface area (TPSA) is 124 Å². The Bertz CT molecular complexity index is 830. The predicted molar refractivity (Wildman–Crippen MR) is 110 cm³/mol. The first-order valence-corrected chi connectivity index (χ1v) is 11.7. The molecule has 0 heterocycles. The van der Waals surface area contributed by atoms with E-state index in [2.05, 4.69) is 5.32 Å². The van der Waals surface area contributed by atoms with Gasteiger partial charge in [-0.15, -0.1) is 0 Å². The van der Waals surface area contributed by atoms with E-state index in [0.29, 0.717) is 38.8 Å². The van der Waals surface area contributed by atoms with E-state index < -0.39 is 20.4 Å².